The summed E-state index contributed by atoms with van der Waals surface area (Å²) in [6.07, 6.45) is -2.14. The Morgan fingerprint density at radius 3 is 2.58 bits per heavy atom. The molecule has 2 aromatic rings. The van der Waals surface area contributed by atoms with Gasteiger partial charge in [0.05, 0.1) is 16.7 Å². The molecule has 1 N–H and O–H groups in total. The van der Waals surface area contributed by atoms with Crippen LogP contribution in [0.25, 0.3) is 0 Å². The Labute approximate surface area is 183 Å². The topological polar surface area (TPSA) is 70.6 Å². The van der Waals surface area contributed by atoms with Gasteiger partial charge in [0, 0.05) is 50.7 Å². The minimum atomic E-state index is -4.50. The standard InChI is InChI=1S/C20H23ClF3N5O2/c1-13(2)31-18-14(4-3-5-25-18)11-27-19(30)29-8-6-28(7-9-29)17-16(21)10-15(12-26-17)20(22,23)24/h3-5,10,12-13H,6-9,11H2,1-2H3,(H,27,30). The molecule has 1 aliphatic heterocycles. The number of hydrogen-bond acceptors (Lipinski definition) is 5. The van der Waals surface area contributed by atoms with Crippen molar-refractivity contribution in [3.05, 3.63) is 46.7 Å². The largest absolute Gasteiger partial charge is 0.475 e. The normalized spacial score (nSPS) is 14.7. The van der Waals surface area contributed by atoms with E-state index in [1.165, 1.54) is 0 Å². The summed E-state index contributed by atoms with van der Waals surface area (Å²) >= 11 is 6.02. The van der Waals surface area contributed by atoms with Gasteiger partial charge in [-0.15, -0.1) is 0 Å². The van der Waals surface area contributed by atoms with Gasteiger partial charge in [0.25, 0.3) is 0 Å². The Bertz CT molecular complexity index is 918. The molecule has 11 heteroatoms. The molecule has 2 aromatic heterocycles. The molecular formula is C20H23ClF3N5O2. The predicted molar refractivity (Wildman–Crippen MR) is 110 cm³/mol. The number of hydrogen-bond donors (Lipinski definition) is 1. The first-order valence-corrected chi connectivity index (χ1v) is 10.1. The lowest BCUT2D eigenvalue weighted by Crippen LogP contribution is -2.52. The summed E-state index contributed by atoms with van der Waals surface area (Å²) in [6, 6.07) is 4.23. The number of piperazine rings is 1. The first-order valence-electron chi connectivity index (χ1n) is 9.76. The van der Waals surface area contributed by atoms with Gasteiger partial charge < -0.3 is 19.9 Å². The molecular weight excluding hydrogens is 435 g/mol. The third-order valence-electron chi connectivity index (χ3n) is 4.64. The van der Waals surface area contributed by atoms with Crippen LogP contribution in [0, 0.1) is 0 Å². The fourth-order valence-electron chi connectivity index (χ4n) is 3.11. The minimum Gasteiger partial charge on any atom is -0.475 e. The van der Waals surface area contributed by atoms with Crippen LogP contribution in [-0.4, -0.2) is 53.2 Å². The second-order valence-corrected chi connectivity index (χ2v) is 7.70. The number of anilines is 1. The maximum absolute atomic E-state index is 12.8. The second-order valence-electron chi connectivity index (χ2n) is 7.29. The van der Waals surface area contributed by atoms with Crippen LogP contribution in [0.1, 0.15) is 25.0 Å². The Balaban J connectivity index is 1.55. The molecule has 0 unspecified atom stereocenters. The van der Waals surface area contributed by atoms with E-state index in [0.29, 0.717) is 32.1 Å². The summed E-state index contributed by atoms with van der Waals surface area (Å²) in [5.41, 5.74) is -0.126. The van der Waals surface area contributed by atoms with Crippen molar-refractivity contribution < 1.29 is 22.7 Å². The summed E-state index contributed by atoms with van der Waals surface area (Å²) in [4.78, 5) is 24.0. The highest BCUT2D eigenvalue weighted by Gasteiger charge is 2.32. The fraction of sp³-hybridized carbons (Fsp3) is 0.450. The number of pyridine rings is 2. The molecule has 2 amide bonds. The van der Waals surface area contributed by atoms with Gasteiger partial charge >= 0.3 is 12.2 Å². The third kappa shape index (κ3) is 5.90. The lowest BCUT2D eigenvalue weighted by Gasteiger charge is -2.35. The Morgan fingerprint density at radius 2 is 1.97 bits per heavy atom. The SMILES string of the molecule is CC(C)Oc1ncccc1CNC(=O)N1CCN(c2ncc(C(F)(F)F)cc2Cl)CC1. The minimum absolute atomic E-state index is 0.0388. The van der Waals surface area contributed by atoms with Crippen molar-refractivity contribution in [3.63, 3.8) is 0 Å². The maximum atomic E-state index is 12.8. The molecule has 0 bridgehead atoms. The van der Waals surface area contributed by atoms with E-state index in [2.05, 4.69) is 15.3 Å². The summed E-state index contributed by atoms with van der Waals surface area (Å²) in [5, 5.41) is 2.79. The summed E-state index contributed by atoms with van der Waals surface area (Å²) < 4.78 is 44.0. The van der Waals surface area contributed by atoms with Crippen molar-refractivity contribution in [1.82, 2.24) is 20.2 Å². The van der Waals surface area contributed by atoms with Crippen molar-refractivity contribution in [1.29, 1.82) is 0 Å². The van der Waals surface area contributed by atoms with Crippen LogP contribution in [0.2, 0.25) is 5.02 Å². The van der Waals surface area contributed by atoms with Gasteiger partial charge in [0.2, 0.25) is 5.88 Å². The van der Waals surface area contributed by atoms with Gasteiger partial charge in [-0.25, -0.2) is 14.8 Å². The number of halogens is 4. The van der Waals surface area contributed by atoms with Crippen molar-refractivity contribution in [2.75, 3.05) is 31.1 Å². The van der Waals surface area contributed by atoms with Gasteiger partial charge in [-0.1, -0.05) is 17.7 Å². The van der Waals surface area contributed by atoms with Gasteiger partial charge in [-0.05, 0) is 26.0 Å². The molecule has 31 heavy (non-hydrogen) atoms. The number of ether oxygens (including phenoxy) is 1. The number of aromatic nitrogens is 2. The number of urea groups is 1. The van der Waals surface area contributed by atoms with E-state index in [0.717, 1.165) is 17.8 Å². The number of rotatable bonds is 5. The van der Waals surface area contributed by atoms with Crippen molar-refractivity contribution in [2.45, 2.75) is 32.7 Å². The van der Waals surface area contributed by atoms with Crippen LogP contribution >= 0.6 is 11.6 Å². The Hall–Kier alpha value is -2.75. The van der Waals surface area contributed by atoms with E-state index in [1.807, 2.05) is 19.9 Å². The average molecular weight is 458 g/mol. The highest BCUT2D eigenvalue weighted by molar-refractivity contribution is 6.33. The zero-order valence-electron chi connectivity index (χ0n) is 17.1. The fourth-order valence-corrected chi connectivity index (χ4v) is 3.40. The molecule has 0 saturated carbocycles. The van der Waals surface area contributed by atoms with E-state index in [-0.39, 0.29) is 29.5 Å². The lowest BCUT2D eigenvalue weighted by atomic mass is 10.2. The predicted octanol–water partition coefficient (Wildman–Crippen LogP) is 3.97. The Kier molecular flexibility index (Phi) is 7.09. The summed E-state index contributed by atoms with van der Waals surface area (Å²) in [6.45, 7) is 5.63. The molecule has 3 heterocycles. The Morgan fingerprint density at radius 1 is 1.26 bits per heavy atom. The first kappa shape index (κ1) is 22.9. The first-order chi connectivity index (χ1) is 14.6. The van der Waals surface area contributed by atoms with Crippen LogP contribution in [0.4, 0.5) is 23.8 Å². The van der Waals surface area contributed by atoms with Crippen LogP contribution in [0.15, 0.2) is 30.6 Å². The van der Waals surface area contributed by atoms with Crippen LogP contribution in [0.5, 0.6) is 5.88 Å². The number of carbonyl (C=O) groups is 1. The average Bonchev–Trinajstić information content (AvgIpc) is 2.72. The number of nitrogens with one attached hydrogen (secondary N) is 1. The zero-order chi connectivity index (χ0) is 22.6. The van der Waals surface area contributed by atoms with E-state index in [1.54, 1.807) is 22.1 Å². The van der Waals surface area contributed by atoms with E-state index in [4.69, 9.17) is 16.3 Å². The number of nitrogens with zero attached hydrogens (tertiary/aromatic N) is 4. The lowest BCUT2D eigenvalue weighted by molar-refractivity contribution is -0.137. The molecule has 0 atom stereocenters. The van der Waals surface area contributed by atoms with Gasteiger partial charge in [0.1, 0.15) is 5.82 Å². The third-order valence-corrected chi connectivity index (χ3v) is 4.92. The molecule has 1 aliphatic rings. The summed E-state index contributed by atoms with van der Waals surface area (Å²) in [7, 11) is 0. The van der Waals surface area contributed by atoms with Crippen LogP contribution in [0.3, 0.4) is 0 Å². The smallest absolute Gasteiger partial charge is 0.417 e. The maximum Gasteiger partial charge on any atom is 0.417 e. The molecule has 0 aliphatic carbocycles. The van der Waals surface area contributed by atoms with Gasteiger partial charge in [-0.2, -0.15) is 13.2 Å². The molecule has 168 valence electrons. The number of alkyl halides is 3. The quantitative estimate of drug-likeness (QED) is 0.735. The van der Waals surface area contributed by atoms with Gasteiger partial charge in [0.15, 0.2) is 0 Å². The molecule has 1 fully saturated rings. The second kappa shape index (κ2) is 9.59. The van der Waals surface area contributed by atoms with E-state index < -0.39 is 11.7 Å². The van der Waals surface area contributed by atoms with Crippen molar-refractivity contribution in [2.24, 2.45) is 0 Å². The molecule has 0 radical (unpaired) electrons. The molecule has 7 nitrogen and oxygen atoms in total. The molecule has 1 saturated heterocycles. The highest BCUT2D eigenvalue weighted by atomic mass is 35.5. The molecule has 0 aromatic carbocycles. The summed E-state index contributed by atoms with van der Waals surface area (Å²) in [5.74, 6) is 0.756. The number of amides is 2. The van der Waals surface area contributed by atoms with Crippen molar-refractivity contribution >= 4 is 23.4 Å². The van der Waals surface area contributed by atoms with Crippen LogP contribution < -0.4 is 15.0 Å². The molecule has 0 spiro atoms. The van der Waals surface area contributed by atoms with E-state index >= 15 is 0 Å². The highest BCUT2D eigenvalue weighted by Crippen LogP contribution is 2.33. The number of carbonyl (C=O) groups excluding carboxylic acids is 1. The zero-order valence-corrected chi connectivity index (χ0v) is 17.9. The van der Waals surface area contributed by atoms with Gasteiger partial charge in [-0.3, -0.25) is 0 Å². The van der Waals surface area contributed by atoms with Crippen LogP contribution in [-0.2, 0) is 12.7 Å². The monoisotopic (exact) mass is 457 g/mol. The van der Waals surface area contributed by atoms with Crippen molar-refractivity contribution in [3.8, 4) is 5.88 Å². The van der Waals surface area contributed by atoms with E-state index in [9.17, 15) is 18.0 Å². The molecule has 3 rings (SSSR count).